The Morgan fingerprint density at radius 3 is 2.35 bits per heavy atom. The lowest BCUT2D eigenvalue weighted by Crippen LogP contribution is -2.62. The molecule has 3 aliphatic rings. The molecule has 3 saturated heterocycles. The summed E-state index contributed by atoms with van der Waals surface area (Å²) in [5.74, 6) is 0.658. The highest BCUT2D eigenvalue weighted by Gasteiger charge is 2.41. The van der Waals surface area contributed by atoms with Crippen molar-refractivity contribution in [2.75, 3.05) is 32.6 Å². The summed E-state index contributed by atoms with van der Waals surface area (Å²) in [6, 6.07) is 12.8. The van der Waals surface area contributed by atoms with Gasteiger partial charge in [0.25, 0.3) is 0 Å². The number of halogens is 1. The molecule has 9 heteroatoms. The van der Waals surface area contributed by atoms with Crippen molar-refractivity contribution in [2.24, 2.45) is 7.05 Å². The number of hydrogen-bond acceptors (Lipinski definition) is 6. The number of aryl methyl sites for hydroxylation is 1. The number of sulfone groups is 1. The average Bonchev–Trinajstić information content (AvgIpc) is 3.25. The van der Waals surface area contributed by atoms with Crippen LogP contribution in [0.4, 0.5) is 4.39 Å². The van der Waals surface area contributed by atoms with E-state index in [9.17, 15) is 8.42 Å². The van der Waals surface area contributed by atoms with E-state index in [4.69, 9.17) is 4.74 Å². The van der Waals surface area contributed by atoms with Gasteiger partial charge in [-0.3, -0.25) is 4.90 Å². The molecule has 4 heterocycles. The van der Waals surface area contributed by atoms with Gasteiger partial charge >= 0.3 is 0 Å². The van der Waals surface area contributed by atoms with Crippen molar-refractivity contribution in [3.8, 4) is 11.4 Å². The molecule has 2 aromatic carbocycles. The highest BCUT2D eigenvalue weighted by atomic mass is 32.2. The Kier molecular flexibility index (Phi) is 7.52. The Morgan fingerprint density at radius 2 is 1.75 bits per heavy atom. The predicted octanol–water partition coefficient (Wildman–Crippen LogP) is 4.99. The molecule has 7 nitrogen and oxygen atoms in total. The molecule has 3 aromatic rings. The number of hydrogen-bond donors (Lipinski definition) is 0. The Hall–Kier alpha value is -2.33. The lowest BCUT2D eigenvalue weighted by Gasteiger charge is -2.52. The van der Waals surface area contributed by atoms with E-state index in [0.717, 1.165) is 55.8 Å². The molecule has 3 fully saturated rings. The van der Waals surface area contributed by atoms with E-state index < -0.39 is 9.84 Å². The van der Waals surface area contributed by atoms with Crippen LogP contribution in [0.25, 0.3) is 22.4 Å². The monoisotopic (exact) mass is 568 g/mol. The number of imidazole rings is 1. The van der Waals surface area contributed by atoms with Crippen molar-refractivity contribution >= 4 is 20.9 Å². The molecule has 3 unspecified atom stereocenters. The first kappa shape index (κ1) is 27.8. The van der Waals surface area contributed by atoms with Crippen molar-refractivity contribution in [3.05, 3.63) is 47.8 Å². The highest BCUT2D eigenvalue weighted by Crippen LogP contribution is 2.37. The van der Waals surface area contributed by atoms with Crippen LogP contribution < -0.4 is 0 Å². The van der Waals surface area contributed by atoms with Gasteiger partial charge < -0.3 is 14.2 Å². The summed E-state index contributed by atoms with van der Waals surface area (Å²) in [5, 5.41) is 0. The van der Waals surface area contributed by atoms with Crippen LogP contribution in [0.2, 0.25) is 0 Å². The zero-order chi connectivity index (χ0) is 28.2. The van der Waals surface area contributed by atoms with E-state index in [-0.39, 0.29) is 10.7 Å². The molecule has 0 spiro atoms. The Labute approximate surface area is 237 Å². The number of benzene rings is 2. The summed E-state index contributed by atoms with van der Waals surface area (Å²) in [4.78, 5) is 10.3. The topological polar surface area (TPSA) is 67.7 Å². The molecule has 3 atom stereocenters. The van der Waals surface area contributed by atoms with Crippen molar-refractivity contribution in [1.82, 2.24) is 19.4 Å². The molecule has 1 aromatic heterocycles. The van der Waals surface area contributed by atoms with E-state index in [2.05, 4.69) is 34.7 Å². The third-order valence-electron chi connectivity index (χ3n) is 9.62. The SMILES string of the molecule is CCC1CC(N2CCC(c3cc(F)c4nc(-c5ccc(S(C)(=O)=O)cc5)n(C)c4c3)CC2)CC(C)N1C1COC1. The number of fused-ring (bicyclic) bond motifs is 1. The molecule has 40 heavy (non-hydrogen) atoms. The third-order valence-corrected chi connectivity index (χ3v) is 10.8. The van der Waals surface area contributed by atoms with E-state index >= 15 is 4.39 Å². The first-order valence-corrected chi connectivity index (χ1v) is 16.6. The second-order valence-corrected chi connectivity index (χ2v) is 14.2. The van der Waals surface area contributed by atoms with Gasteiger partial charge in [-0.25, -0.2) is 17.8 Å². The number of likely N-dealkylation sites (tertiary alicyclic amines) is 2. The van der Waals surface area contributed by atoms with Crippen LogP contribution in [0.15, 0.2) is 41.3 Å². The van der Waals surface area contributed by atoms with Gasteiger partial charge in [0.2, 0.25) is 0 Å². The Balaban J connectivity index is 1.16. The Bertz CT molecular complexity index is 1480. The van der Waals surface area contributed by atoms with Crippen molar-refractivity contribution in [2.45, 2.75) is 80.9 Å². The van der Waals surface area contributed by atoms with Crippen molar-refractivity contribution in [3.63, 3.8) is 0 Å². The van der Waals surface area contributed by atoms with E-state index in [0.29, 0.717) is 41.4 Å². The predicted molar refractivity (Wildman–Crippen MR) is 156 cm³/mol. The molecule has 0 radical (unpaired) electrons. The summed E-state index contributed by atoms with van der Waals surface area (Å²) in [7, 11) is -1.38. The fourth-order valence-electron chi connectivity index (χ4n) is 7.35. The lowest BCUT2D eigenvalue weighted by molar-refractivity contribution is -0.115. The molecule has 216 valence electrons. The van der Waals surface area contributed by atoms with E-state index in [1.54, 1.807) is 30.3 Å². The van der Waals surface area contributed by atoms with Crippen LogP contribution in [-0.4, -0.2) is 84.5 Å². The summed E-state index contributed by atoms with van der Waals surface area (Å²) in [5.41, 5.74) is 2.93. The highest BCUT2D eigenvalue weighted by molar-refractivity contribution is 7.90. The Morgan fingerprint density at radius 1 is 1.05 bits per heavy atom. The smallest absolute Gasteiger partial charge is 0.175 e. The maximum absolute atomic E-state index is 15.4. The van der Waals surface area contributed by atoms with Gasteiger partial charge in [0.15, 0.2) is 15.7 Å². The van der Waals surface area contributed by atoms with Crippen LogP contribution in [0, 0.1) is 5.82 Å². The number of ether oxygens (including phenoxy) is 1. The largest absolute Gasteiger partial charge is 0.378 e. The number of aromatic nitrogens is 2. The summed E-state index contributed by atoms with van der Waals surface area (Å²) in [6.45, 7) is 8.57. The first-order valence-electron chi connectivity index (χ1n) is 14.7. The minimum absolute atomic E-state index is 0.257. The minimum atomic E-state index is -3.28. The van der Waals surface area contributed by atoms with Gasteiger partial charge in [-0.2, -0.15) is 0 Å². The lowest BCUT2D eigenvalue weighted by atomic mass is 9.84. The summed E-state index contributed by atoms with van der Waals surface area (Å²) in [6.07, 6.45) is 6.87. The van der Waals surface area contributed by atoms with E-state index in [1.165, 1.54) is 25.5 Å². The zero-order valence-electron chi connectivity index (χ0n) is 24.0. The molecular formula is C31H41FN4O3S. The molecule has 0 aliphatic carbocycles. The minimum Gasteiger partial charge on any atom is -0.378 e. The van der Waals surface area contributed by atoms with Crippen molar-refractivity contribution < 1.29 is 17.5 Å². The molecule has 3 aliphatic heterocycles. The average molecular weight is 569 g/mol. The van der Waals surface area contributed by atoms with Crippen LogP contribution >= 0.6 is 0 Å². The van der Waals surface area contributed by atoms with Gasteiger partial charge in [-0.15, -0.1) is 0 Å². The summed E-state index contributed by atoms with van der Waals surface area (Å²) >= 11 is 0. The molecule has 0 amide bonds. The second-order valence-electron chi connectivity index (χ2n) is 12.1. The maximum atomic E-state index is 15.4. The third kappa shape index (κ3) is 5.10. The second kappa shape index (κ2) is 10.8. The van der Waals surface area contributed by atoms with Crippen LogP contribution in [-0.2, 0) is 21.6 Å². The number of nitrogens with zero attached hydrogens (tertiary/aromatic N) is 4. The molecule has 0 N–H and O–H groups in total. The van der Waals surface area contributed by atoms with Crippen LogP contribution in [0.3, 0.4) is 0 Å². The summed E-state index contributed by atoms with van der Waals surface area (Å²) < 4.78 is 46.5. The molecule has 0 saturated carbocycles. The fourth-order valence-corrected chi connectivity index (χ4v) is 7.98. The van der Waals surface area contributed by atoms with Crippen molar-refractivity contribution in [1.29, 1.82) is 0 Å². The van der Waals surface area contributed by atoms with E-state index in [1.807, 2.05) is 11.6 Å². The fraction of sp³-hybridized carbons (Fsp3) is 0.581. The molecule has 0 bridgehead atoms. The van der Waals surface area contributed by atoms with Gasteiger partial charge in [-0.1, -0.05) is 6.92 Å². The first-order chi connectivity index (χ1) is 19.1. The normalized spacial score (nSPS) is 25.9. The quantitative estimate of drug-likeness (QED) is 0.417. The van der Waals surface area contributed by atoms with Gasteiger partial charge in [-0.05, 0) is 100.0 Å². The van der Waals surface area contributed by atoms with Gasteiger partial charge in [0.05, 0.1) is 29.7 Å². The van der Waals surface area contributed by atoms with Gasteiger partial charge in [0, 0.05) is 37.0 Å². The van der Waals surface area contributed by atoms with Gasteiger partial charge in [0.1, 0.15) is 11.3 Å². The molecule has 6 rings (SSSR count). The zero-order valence-corrected chi connectivity index (χ0v) is 24.8. The standard InChI is InChI=1S/C31H41FN4O3S/c1-5-24-17-25(14-20(2)36(24)26-18-39-19-26)35-12-10-21(11-13-35)23-15-28(32)30-29(16-23)34(3)31(33-30)22-6-8-27(9-7-22)40(4,37)38/h6-9,15-16,20-21,24-26H,5,10-14,17-19H2,1-4H3. The maximum Gasteiger partial charge on any atom is 0.175 e. The number of rotatable bonds is 6. The van der Waals surface area contributed by atoms with Crippen LogP contribution in [0.1, 0.15) is 57.4 Å². The number of piperidine rings is 2. The van der Waals surface area contributed by atoms with Crippen LogP contribution in [0.5, 0.6) is 0 Å². The molecular weight excluding hydrogens is 527 g/mol.